The molecule has 2 rings (SSSR count). The van der Waals surface area contributed by atoms with Crippen LogP contribution in [0.15, 0.2) is 12.4 Å². The van der Waals surface area contributed by atoms with Crippen LogP contribution < -0.4 is 5.32 Å². The van der Waals surface area contributed by atoms with E-state index in [2.05, 4.69) is 36.1 Å². The van der Waals surface area contributed by atoms with Crippen LogP contribution in [-0.4, -0.2) is 16.0 Å². The van der Waals surface area contributed by atoms with Crippen LogP contribution >= 0.6 is 0 Å². The molecule has 0 amide bonds. The number of rotatable bonds is 3. The van der Waals surface area contributed by atoms with Gasteiger partial charge >= 0.3 is 0 Å². The molecule has 1 fully saturated rings. The lowest BCUT2D eigenvalue weighted by atomic mass is 9.69. The SMILES string of the molecule is CC(C)(C)C1CCCCC1NCc1ncc[nH]1. The molecule has 0 radical (unpaired) electrons. The van der Waals surface area contributed by atoms with E-state index in [0.29, 0.717) is 11.5 Å². The van der Waals surface area contributed by atoms with Crippen molar-refractivity contribution in [2.45, 2.75) is 59.0 Å². The number of aromatic amines is 1. The van der Waals surface area contributed by atoms with E-state index >= 15 is 0 Å². The van der Waals surface area contributed by atoms with Gasteiger partial charge in [0.25, 0.3) is 0 Å². The minimum Gasteiger partial charge on any atom is -0.348 e. The lowest BCUT2D eigenvalue weighted by Gasteiger charge is -2.40. The molecule has 1 aliphatic carbocycles. The van der Waals surface area contributed by atoms with Crippen molar-refractivity contribution in [1.29, 1.82) is 0 Å². The molecule has 2 atom stereocenters. The Labute approximate surface area is 104 Å². The van der Waals surface area contributed by atoms with Gasteiger partial charge in [0, 0.05) is 18.4 Å². The van der Waals surface area contributed by atoms with Gasteiger partial charge in [-0.2, -0.15) is 0 Å². The minimum atomic E-state index is 0.404. The van der Waals surface area contributed by atoms with Crippen molar-refractivity contribution in [3.8, 4) is 0 Å². The van der Waals surface area contributed by atoms with Crippen molar-refractivity contribution >= 4 is 0 Å². The monoisotopic (exact) mass is 235 g/mol. The first-order valence-electron chi connectivity index (χ1n) is 6.79. The predicted molar refractivity (Wildman–Crippen MR) is 70.6 cm³/mol. The Kier molecular flexibility index (Phi) is 3.87. The smallest absolute Gasteiger partial charge is 0.120 e. The molecule has 3 heteroatoms. The molecule has 1 aromatic heterocycles. The minimum absolute atomic E-state index is 0.404. The summed E-state index contributed by atoms with van der Waals surface area (Å²) in [5.41, 5.74) is 0.404. The predicted octanol–water partition coefficient (Wildman–Crippen LogP) is 3.10. The standard InChI is InChI=1S/C14H25N3/c1-14(2,3)11-6-4-5-7-12(11)17-10-13-15-8-9-16-13/h8-9,11-12,17H,4-7,10H2,1-3H3,(H,15,16). The molecule has 0 spiro atoms. The van der Waals surface area contributed by atoms with Gasteiger partial charge in [0.1, 0.15) is 5.82 Å². The van der Waals surface area contributed by atoms with E-state index in [-0.39, 0.29) is 0 Å². The molecule has 3 nitrogen and oxygen atoms in total. The first-order valence-corrected chi connectivity index (χ1v) is 6.79. The Morgan fingerprint density at radius 2 is 2.12 bits per heavy atom. The summed E-state index contributed by atoms with van der Waals surface area (Å²) in [5, 5.41) is 3.69. The fraction of sp³-hybridized carbons (Fsp3) is 0.786. The van der Waals surface area contributed by atoms with Crippen LogP contribution in [0.25, 0.3) is 0 Å². The summed E-state index contributed by atoms with van der Waals surface area (Å²) in [6.07, 6.45) is 9.13. The highest BCUT2D eigenvalue weighted by molar-refractivity contribution is 4.91. The van der Waals surface area contributed by atoms with Crippen LogP contribution in [0, 0.1) is 11.3 Å². The summed E-state index contributed by atoms with van der Waals surface area (Å²) in [6, 6.07) is 0.647. The van der Waals surface area contributed by atoms with Crippen molar-refractivity contribution in [3.05, 3.63) is 18.2 Å². The number of hydrogen-bond acceptors (Lipinski definition) is 2. The zero-order valence-corrected chi connectivity index (χ0v) is 11.3. The van der Waals surface area contributed by atoms with E-state index < -0.39 is 0 Å². The van der Waals surface area contributed by atoms with Crippen LogP contribution in [0.3, 0.4) is 0 Å². The fourth-order valence-electron chi connectivity index (χ4n) is 3.03. The van der Waals surface area contributed by atoms with Crippen molar-refractivity contribution in [2.24, 2.45) is 11.3 Å². The van der Waals surface area contributed by atoms with Crippen molar-refractivity contribution in [2.75, 3.05) is 0 Å². The maximum atomic E-state index is 4.27. The molecule has 17 heavy (non-hydrogen) atoms. The zero-order valence-electron chi connectivity index (χ0n) is 11.3. The number of H-pyrrole nitrogens is 1. The van der Waals surface area contributed by atoms with Gasteiger partial charge in [-0.15, -0.1) is 0 Å². The molecular weight excluding hydrogens is 210 g/mol. The van der Waals surface area contributed by atoms with Crippen LogP contribution in [0.2, 0.25) is 0 Å². The largest absolute Gasteiger partial charge is 0.348 e. The lowest BCUT2D eigenvalue weighted by Crippen LogP contribution is -2.44. The molecule has 1 heterocycles. The Bertz CT molecular complexity index is 324. The van der Waals surface area contributed by atoms with Gasteiger partial charge in [0.15, 0.2) is 0 Å². The number of hydrogen-bond donors (Lipinski definition) is 2. The lowest BCUT2D eigenvalue weighted by molar-refractivity contribution is 0.130. The van der Waals surface area contributed by atoms with Crippen molar-refractivity contribution in [3.63, 3.8) is 0 Å². The van der Waals surface area contributed by atoms with Gasteiger partial charge < -0.3 is 10.3 Å². The van der Waals surface area contributed by atoms with Crippen molar-refractivity contribution in [1.82, 2.24) is 15.3 Å². The molecule has 0 saturated heterocycles. The summed E-state index contributed by atoms with van der Waals surface area (Å²) in [7, 11) is 0. The Hall–Kier alpha value is -0.830. The van der Waals surface area contributed by atoms with Gasteiger partial charge in [-0.3, -0.25) is 0 Å². The van der Waals surface area contributed by atoms with E-state index in [4.69, 9.17) is 0 Å². The summed E-state index contributed by atoms with van der Waals surface area (Å²) >= 11 is 0. The zero-order chi connectivity index (χ0) is 12.3. The van der Waals surface area contributed by atoms with Crippen LogP contribution in [0.1, 0.15) is 52.3 Å². The van der Waals surface area contributed by atoms with Crippen LogP contribution in [0.5, 0.6) is 0 Å². The van der Waals surface area contributed by atoms with Crippen molar-refractivity contribution < 1.29 is 0 Å². The maximum Gasteiger partial charge on any atom is 0.120 e. The maximum absolute atomic E-state index is 4.27. The molecule has 0 aromatic carbocycles. The third-order valence-electron chi connectivity index (χ3n) is 3.96. The van der Waals surface area contributed by atoms with E-state index in [9.17, 15) is 0 Å². The first kappa shape index (κ1) is 12.6. The second kappa shape index (κ2) is 5.21. The normalized spacial score (nSPS) is 26.1. The molecule has 1 aromatic rings. The van der Waals surface area contributed by atoms with Crippen LogP contribution in [0.4, 0.5) is 0 Å². The average Bonchev–Trinajstić information content (AvgIpc) is 2.78. The van der Waals surface area contributed by atoms with Gasteiger partial charge in [-0.05, 0) is 24.2 Å². The highest BCUT2D eigenvalue weighted by Crippen LogP contribution is 2.37. The number of imidazole rings is 1. The molecule has 1 saturated carbocycles. The summed E-state index contributed by atoms with van der Waals surface area (Å²) in [4.78, 5) is 7.43. The van der Waals surface area contributed by atoms with Gasteiger partial charge in [0.05, 0.1) is 6.54 Å². The highest BCUT2D eigenvalue weighted by Gasteiger charge is 2.33. The summed E-state index contributed by atoms with van der Waals surface area (Å²) in [5.74, 6) is 1.83. The summed E-state index contributed by atoms with van der Waals surface area (Å²) in [6.45, 7) is 7.96. The molecule has 0 bridgehead atoms. The Morgan fingerprint density at radius 1 is 1.35 bits per heavy atom. The van der Waals surface area contributed by atoms with Gasteiger partial charge in [-0.25, -0.2) is 4.98 Å². The summed E-state index contributed by atoms with van der Waals surface area (Å²) < 4.78 is 0. The molecular formula is C14H25N3. The van der Waals surface area contributed by atoms with E-state index in [0.717, 1.165) is 18.3 Å². The Morgan fingerprint density at radius 3 is 2.76 bits per heavy atom. The van der Waals surface area contributed by atoms with E-state index in [1.54, 1.807) is 0 Å². The quantitative estimate of drug-likeness (QED) is 0.845. The number of aromatic nitrogens is 2. The first-order chi connectivity index (χ1) is 8.07. The number of nitrogens with one attached hydrogen (secondary N) is 2. The average molecular weight is 235 g/mol. The molecule has 1 aliphatic rings. The molecule has 2 unspecified atom stereocenters. The second-order valence-electron chi connectivity index (χ2n) is 6.28. The third kappa shape index (κ3) is 3.32. The number of nitrogens with zero attached hydrogens (tertiary/aromatic N) is 1. The second-order valence-corrected chi connectivity index (χ2v) is 6.28. The van der Waals surface area contributed by atoms with E-state index in [1.165, 1.54) is 25.7 Å². The van der Waals surface area contributed by atoms with E-state index in [1.807, 2.05) is 12.4 Å². The molecule has 2 N–H and O–H groups in total. The molecule has 0 aliphatic heterocycles. The fourth-order valence-corrected chi connectivity index (χ4v) is 3.03. The topological polar surface area (TPSA) is 40.7 Å². The molecule has 96 valence electrons. The Balaban J connectivity index is 1.92. The van der Waals surface area contributed by atoms with Gasteiger partial charge in [0.2, 0.25) is 0 Å². The van der Waals surface area contributed by atoms with Gasteiger partial charge in [-0.1, -0.05) is 33.6 Å². The highest BCUT2D eigenvalue weighted by atomic mass is 15.0. The third-order valence-corrected chi connectivity index (χ3v) is 3.96. The van der Waals surface area contributed by atoms with Crippen LogP contribution in [-0.2, 0) is 6.54 Å².